The van der Waals surface area contributed by atoms with E-state index in [4.69, 9.17) is 4.55 Å². The van der Waals surface area contributed by atoms with Crippen LogP contribution in [0.25, 0.3) is 10.8 Å². The average molecular weight is 344 g/mol. The molecule has 0 atom stereocenters. The first kappa shape index (κ1) is 20.7. The first-order valence-corrected chi connectivity index (χ1v) is 11.3. The second-order valence-electron chi connectivity index (χ2n) is 5.72. The van der Waals surface area contributed by atoms with Gasteiger partial charge in [-0.1, -0.05) is 36.4 Å². The largest absolute Gasteiger partial charge is 0.295 e. The maximum Gasteiger partial charge on any atom is 0.295 e. The second kappa shape index (κ2) is 11.2. The van der Waals surface area contributed by atoms with E-state index in [1.807, 2.05) is 6.07 Å². The number of benzene rings is 2. The first-order chi connectivity index (χ1) is 11.0. The Morgan fingerprint density at radius 2 is 1.52 bits per heavy atom. The fourth-order valence-corrected chi connectivity index (χ4v) is 3.67. The molecule has 0 fully saturated rings. The Labute approximate surface area is 157 Å². The van der Waals surface area contributed by atoms with Gasteiger partial charge in [0.1, 0.15) is 4.90 Å². The Kier molecular flexibility index (Phi) is 10.1. The van der Waals surface area contributed by atoms with E-state index < -0.39 is 10.1 Å². The molecular formula is C18H25NaO3S. The SMILES string of the molecule is CCCCCCC[CH2][Na].O=S(=O)(O)c1cccc2ccccc12. The molecule has 5 heteroatoms. The molecule has 0 spiro atoms. The van der Waals surface area contributed by atoms with Crippen LogP contribution < -0.4 is 0 Å². The number of hydrogen-bond donors (Lipinski definition) is 1. The number of hydrogen-bond acceptors (Lipinski definition) is 2. The van der Waals surface area contributed by atoms with Crippen LogP contribution in [0, 0.1) is 0 Å². The van der Waals surface area contributed by atoms with E-state index in [0.29, 0.717) is 5.39 Å². The van der Waals surface area contributed by atoms with Gasteiger partial charge < -0.3 is 0 Å². The molecule has 23 heavy (non-hydrogen) atoms. The van der Waals surface area contributed by atoms with E-state index in [0.717, 1.165) is 5.39 Å². The minimum atomic E-state index is -4.13. The van der Waals surface area contributed by atoms with Crippen LogP contribution in [0.15, 0.2) is 47.4 Å². The molecule has 0 radical (unpaired) electrons. The summed E-state index contributed by atoms with van der Waals surface area (Å²) in [5, 5.41) is 1.33. The van der Waals surface area contributed by atoms with Gasteiger partial charge >= 0.3 is 77.0 Å². The van der Waals surface area contributed by atoms with Crippen LogP contribution in [-0.2, 0) is 10.1 Å². The zero-order valence-corrected chi connectivity index (χ0v) is 17.0. The van der Waals surface area contributed by atoms with Gasteiger partial charge in [-0.2, -0.15) is 8.42 Å². The van der Waals surface area contributed by atoms with Gasteiger partial charge in [-0.3, -0.25) is 4.55 Å². The minimum Gasteiger partial charge on any atom is -0.282 e. The van der Waals surface area contributed by atoms with E-state index in [1.165, 1.54) is 76.2 Å². The normalized spacial score (nSPS) is 11.1. The standard InChI is InChI=1S/C10H8O3S.C8H17.Na/c11-14(12,13)10-7-3-5-8-4-1-2-6-9(8)10;1-3-5-7-8-6-4-2;/h1-7H,(H,11,12,13);1,3-8H2,2H3;. The van der Waals surface area contributed by atoms with Crippen molar-refractivity contribution in [1.82, 2.24) is 0 Å². The van der Waals surface area contributed by atoms with Gasteiger partial charge in [0.05, 0.1) is 0 Å². The van der Waals surface area contributed by atoms with Crippen molar-refractivity contribution in [2.45, 2.75) is 54.0 Å². The molecule has 0 aromatic heterocycles. The van der Waals surface area contributed by atoms with Crippen LogP contribution in [-0.4, -0.2) is 40.9 Å². The third-order valence-electron chi connectivity index (χ3n) is 3.73. The van der Waals surface area contributed by atoms with E-state index in [9.17, 15) is 8.42 Å². The summed E-state index contributed by atoms with van der Waals surface area (Å²) in [7, 11) is -4.13. The van der Waals surface area contributed by atoms with Crippen molar-refractivity contribution in [3.05, 3.63) is 42.5 Å². The molecule has 2 aromatic carbocycles. The van der Waals surface area contributed by atoms with Crippen LogP contribution in [0.4, 0.5) is 0 Å². The van der Waals surface area contributed by atoms with E-state index in [2.05, 4.69) is 6.92 Å². The van der Waals surface area contributed by atoms with Crippen LogP contribution >= 0.6 is 0 Å². The van der Waals surface area contributed by atoms with Crippen LogP contribution in [0.3, 0.4) is 0 Å². The van der Waals surface area contributed by atoms with E-state index in [-0.39, 0.29) is 4.90 Å². The fourth-order valence-electron chi connectivity index (χ4n) is 2.45. The molecule has 0 heterocycles. The summed E-state index contributed by atoms with van der Waals surface area (Å²) in [5.41, 5.74) is 0. The third kappa shape index (κ3) is 7.81. The Hall–Kier alpha value is -0.390. The summed E-state index contributed by atoms with van der Waals surface area (Å²) in [6.45, 7) is 2.27. The molecule has 0 saturated carbocycles. The van der Waals surface area contributed by atoms with Gasteiger partial charge in [-0.15, -0.1) is 0 Å². The summed E-state index contributed by atoms with van der Waals surface area (Å²) in [6.07, 6.45) is 8.76. The average Bonchev–Trinajstić information content (AvgIpc) is 2.54. The maximum atomic E-state index is 11.0. The molecule has 2 aromatic rings. The number of rotatable bonds is 7. The zero-order valence-electron chi connectivity index (χ0n) is 14.2. The van der Waals surface area contributed by atoms with Crippen molar-refractivity contribution in [3.8, 4) is 0 Å². The molecule has 0 bridgehead atoms. The molecule has 0 saturated heterocycles. The molecule has 0 unspecified atom stereocenters. The summed E-state index contributed by atoms with van der Waals surface area (Å²) in [4.78, 5) is -0.0457. The molecule has 0 amide bonds. The minimum absolute atomic E-state index is 0.0457. The van der Waals surface area contributed by atoms with Crippen LogP contribution in [0.2, 0.25) is 3.67 Å². The summed E-state index contributed by atoms with van der Waals surface area (Å²) >= 11 is 1.41. The molecule has 1 N–H and O–H groups in total. The van der Waals surface area contributed by atoms with Crippen molar-refractivity contribution in [2.75, 3.05) is 0 Å². The second-order valence-corrected chi connectivity index (χ2v) is 8.11. The number of fused-ring (bicyclic) bond motifs is 1. The van der Waals surface area contributed by atoms with Crippen molar-refractivity contribution in [2.24, 2.45) is 0 Å². The first-order valence-electron chi connectivity index (χ1n) is 8.46. The van der Waals surface area contributed by atoms with Crippen molar-refractivity contribution >= 4 is 48.8 Å². The van der Waals surface area contributed by atoms with Gasteiger partial charge in [0, 0.05) is 5.39 Å². The topological polar surface area (TPSA) is 54.4 Å². The van der Waals surface area contributed by atoms with Gasteiger partial charge in [0.15, 0.2) is 0 Å². The molecular weight excluding hydrogens is 319 g/mol. The summed E-state index contributed by atoms with van der Waals surface area (Å²) < 4.78 is 32.5. The van der Waals surface area contributed by atoms with Crippen LogP contribution in [0.5, 0.6) is 0 Å². The molecule has 122 valence electrons. The van der Waals surface area contributed by atoms with Crippen molar-refractivity contribution in [1.29, 1.82) is 0 Å². The van der Waals surface area contributed by atoms with Gasteiger partial charge in [0.25, 0.3) is 10.1 Å². The predicted molar refractivity (Wildman–Crippen MR) is 97.7 cm³/mol. The summed E-state index contributed by atoms with van der Waals surface area (Å²) in [5.74, 6) is 0. The Balaban J connectivity index is 0.000000257. The number of unbranched alkanes of at least 4 members (excludes halogenated alkanes) is 5. The molecule has 2 rings (SSSR count). The van der Waals surface area contributed by atoms with Crippen molar-refractivity contribution in [3.63, 3.8) is 0 Å². The van der Waals surface area contributed by atoms with E-state index in [1.54, 1.807) is 30.3 Å². The smallest absolute Gasteiger partial charge is 0.282 e. The quantitative estimate of drug-likeness (QED) is 0.436. The monoisotopic (exact) mass is 344 g/mol. The summed E-state index contributed by atoms with van der Waals surface area (Å²) in [6, 6.07) is 11.8. The molecule has 0 aliphatic carbocycles. The Morgan fingerprint density at radius 3 is 2.17 bits per heavy atom. The zero-order chi connectivity index (χ0) is 17.1. The van der Waals surface area contributed by atoms with Crippen LogP contribution in [0.1, 0.15) is 45.4 Å². The Morgan fingerprint density at radius 1 is 0.913 bits per heavy atom. The Bertz CT molecular complexity index is 672. The van der Waals surface area contributed by atoms with Gasteiger partial charge in [-0.25, -0.2) is 0 Å². The third-order valence-corrected chi connectivity index (χ3v) is 5.35. The maximum absolute atomic E-state index is 11.0. The molecule has 0 aliphatic rings. The van der Waals surface area contributed by atoms with Crippen molar-refractivity contribution < 1.29 is 13.0 Å². The van der Waals surface area contributed by atoms with E-state index >= 15 is 0 Å². The fraction of sp³-hybridized carbons (Fsp3) is 0.444. The van der Waals surface area contributed by atoms with Gasteiger partial charge in [-0.05, 0) is 11.5 Å². The molecule has 3 nitrogen and oxygen atoms in total. The predicted octanol–water partition coefficient (Wildman–Crippen LogP) is 5.02. The molecule has 0 aliphatic heterocycles. The van der Waals surface area contributed by atoms with Gasteiger partial charge in [0.2, 0.25) is 0 Å².